The van der Waals surface area contributed by atoms with Gasteiger partial charge in [-0.25, -0.2) is 0 Å². The average Bonchev–Trinajstić information content (AvgIpc) is 1.83. The summed E-state index contributed by atoms with van der Waals surface area (Å²) >= 11 is 0. The summed E-state index contributed by atoms with van der Waals surface area (Å²) in [5, 5.41) is 0. The summed E-state index contributed by atoms with van der Waals surface area (Å²) in [5.41, 5.74) is 6.36. The molecule has 0 saturated carbocycles. The first-order valence-corrected chi connectivity index (χ1v) is 4.89. The van der Waals surface area contributed by atoms with Gasteiger partial charge in [-0.3, -0.25) is 0 Å². The van der Waals surface area contributed by atoms with E-state index in [1.165, 1.54) is 19.6 Å². The molecular weight excluding hydrogens is 148 g/mol. The molecule has 2 atom stereocenters. The van der Waals surface area contributed by atoms with Crippen LogP contribution >= 0.6 is 0 Å². The Kier molecular flexibility index (Phi) is 2.79. The molecule has 0 aromatic rings. The van der Waals surface area contributed by atoms with Crippen molar-refractivity contribution in [1.82, 2.24) is 4.90 Å². The first-order valence-electron chi connectivity index (χ1n) is 4.89. The summed E-state index contributed by atoms with van der Waals surface area (Å²) in [5.74, 6) is 0.626. The fourth-order valence-electron chi connectivity index (χ4n) is 1.87. The Hall–Kier alpha value is -0.0800. The first kappa shape index (κ1) is 10.0. The minimum atomic E-state index is 0.328. The highest BCUT2D eigenvalue weighted by Crippen LogP contribution is 2.29. The number of hydrogen-bond donors (Lipinski definition) is 1. The molecule has 0 radical (unpaired) electrons. The second-order valence-corrected chi connectivity index (χ2v) is 5.17. The maximum absolute atomic E-state index is 5.80. The van der Waals surface area contributed by atoms with Crippen LogP contribution in [0.2, 0.25) is 0 Å². The fourth-order valence-corrected chi connectivity index (χ4v) is 1.87. The van der Waals surface area contributed by atoms with Crippen LogP contribution in [0.15, 0.2) is 0 Å². The standard InChI is InChI=1S/C10H22N2/c1-8(9(2)11)5-12-6-10(3,4)7-12/h8-9H,5-7,11H2,1-4H3. The molecule has 0 aliphatic carbocycles. The Morgan fingerprint density at radius 1 is 1.33 bits per heavy atom. The van der Waals surface area contributed by atoms with E-state index in [9.17, 15) is 0 Å². The predicted octanol–water partition coefficient (Wildman–Crippen LogP) is 1.31. The minimum Gasteiger partial charge on any atom is -0.328 e. The molecule has 0 spiro atoms. The Morgan fingerprint density at radius 3 is 2.17 bits per heavy atom. The zero-order valence-electron chi connectivity index (χ0n) is 8.80. The topological polar surface area (TPSA) is 29.3 Å². The van der Waals surface area contributed by atoms with Crippen molar-refractivity contribution in [3.8, 4) is 0 Å². The van der Waals surface area contributed by atoms with Crippen LogP contribution in [0.5, 0.6) is 0 Å². The molecule has 2 N–H and O–H groups in total. The van der Waals surface area contributed by atoms with Crippen molar-refractivity contribution in [2.75, 3.05) is 19.6 Å². The van der Waals surface area contributed by atoms with Gasteiger partial charge in [0.25, 0.3) is 0 Å². The lowest BCUT2D eigenvalue weighted by Gasteiger charge is -2.47. The molecule has 1 rings (SSSR count). The highest BCUT2D eigenvalue weighted by atomic mass is 15.2. The molecule has 2 unspecified atom stereocenters. The van der Waals surface area contributed by atoms with E-state index in [1.54, 1.807) is 0 Å². The van der Waals surface area contributed by atoms with Crippen LogP contribution in [0.3, 0.4) is 0 Å². The molecule has 0 amide bonds. The molecule has 72 valence electrons. The van der Waals surface area contributed by atoms with Crippen LogP contribution in [-0.2, 0) is 0 Å². The van der Waals surface area contributed by atoms with E-state index < -0.39 is 0 Å². The van der Waals surface area contributed by atoms with Gasteiger partial charge in [0.2, 0.25) is 0 Å². The quantitative estimate of drug-likeness (QED) is 0.692. The molecule has 0 aromatic heterocycles. The van der Waals surface area contributed by atoms with Gasteiger partial charge in [-0.1, -0.05) is 20.8 Å². The van der Waals surface area contributed by atoms with Crippen LogP contribution in [0.4, 0.5) is 0 Å². The molecule has 0 bridgehead atoms. The zero-order chi connectivity index (χ0) is 9.35. The van der Waals surface area contributed by atoms with Crippen molar-refractivity contribution in [3.63, 3.8) is 0 Å². The molecule has 0 aromatic carbocycles. The summed E-state index contributed by atoms with van der Waals surface area (Å²) in [7, 11) is 0. The van der Waals surface area contributed by atoms with E-state index in [4.69, 9.17) is 5.73 Å². The van der Waals surface area contributed by atoms with Crippen molar-refractivity contribution >= 4 is 0 Å². The van der Waals surface area contributed by atoms with Gasteiger partial charge < -0.3 is 10.6 Å². The van der Waals surface area contributed by atoms with Crippen LogP contribution in [-0.4, -0.2) is 30.6 Å². The number of rotatable bonds is 3. The number of hydrogen-bond acceptors (Lipinski definition) is 2. The molecule has 1 fully saturated rings. The second kappa shape index (κ2) is 3.35. The van der Waals surface area contributed by atoms with E-state index >= 15 is 0 Å². The highest BCUT2D eigenvalue weighted by molar-refractivity contribution is 4.88. The van der Waals surface area contributed by atoms with Gasteiger partial charge in [-0.15, -0.1) is 0 Å². The molecule has 1 aliphatic rings. The van der Waals surface area contributed by atoms with Gasteiger partial charge in [0, 0.05) is 25.7 Å². The van der Waals surface area contributed by atoms with Gasteiger partial charge in [0.05, 0.1) is 0 Å². The summed E-state index contributed by atoms with van der Waals surface area (Å²) in [6.45, 7) is 12.6. The summed E-state index contributed by atoms with van der Waals surface area (Å²) in [6, 6.07) is 0.328. The van der Waals surface area contributed by atoms with Gasteiger partial charge >= 0.3 is 0 Å². The fraction of sp³-hybridized carbons (Fsp3) is 1.00. The number of nitrogens with two attached hydrogens (primary N) is 1. The summed E-state index contributed by atoms with van der Waals surface area (Å²) in [6.07, 6.45) is 0. The molecular formula is C10H22N2. The normalized spacial score (nSPS) is 27.8. The molecule has 2 nitrogen and oxygen atoms in total. The van der Waals surface area contributed by atoms with Gasteiger partial charge in [0.15, 0.2) is 0 Å². The van der Waals surface area contributed by atoms with Crippen LogP contribution < -0.4 is 5.73 Å². The smallest absolute Gasteiger partial charge is 0.00483 e. The Labute approximate surface area is 76.1 Å². The number of likely N-dealkylation sites (tertiary alicyclic amines) is 1. The van der Waals surface area contributed by atoms with Crippen molar-refractivity contribution in [2.45, 2.75) is 33.7 Å². The zero-order valence-corrected chi connectivity index (χ0v) is 8.80. The van der Waals surface area contributed by atoms with Crippen LogP contribution in [0.1, 0.15) is 27.7 Å². The van der Waals surface area contributed by atoms with Gasteiger partial charge in [0.1, 0.15) is 0 Å². The van der Waals surface area contributed by atoms with Crippen molar-refractivity contribution < 1.29 is 0 Å². The predicted molar refractivity (Wildman–Crippen MR) is 53.0 cm³/mol. The third kappa shape index (κ3) is 2.46. The van der Waals surface area contributed by atoms with E-state index in [1.807, 2.05) is 0 Å². The largest absolute Gasteiger partial charge is 0.328 e. The lowest BCUT2D eigenvalue weighted by Crippen LogP contribution is -2.55. The van der Waals surface area contributed by atoms with Crippen molar-refractivity contribution in [3.05, 3.63) is 0 Å². The van der Waals surface area contributed by atoms with Gasteiger partial charge in [-0.2, -0.15) is 0 Å². The maximum Gasteiger partial charge on any atom is 0.00483 e. The molecule has 1 saturated heterocycles. The SMILES string of the molecule is CC(N)C(C)CN1CC(C)(C)C1. The lowest BCUT2D eigenvalue weighted by atomic mass is 9.83. The van der Waals surface area contributed by atoms with Crippen LogP contribution in [0, 0.1) is 11.3 Å². The molecule has 2 heteroatoms. The average molecular weight is 170 g/mol. The molecule has 1 aliphatic heterocycles. The summed E-state index contributed by atoms with van der Waals surface area (Å²) in [4.78, 5) is 2.49. The van der Waals surface area contributed by atoms with Gasteiger partial charge in [-0.05, 0) is 18.3 Å². The molecule has 12 heavy (non-hydrogen) atoms. The van der Waals surface area contributed by atoms with E-state index in [0.717, 1.165) is 0 Å². The lowest BCUT2D eigenvalue weighted by molar-refractivity contribution is 0.0180. The Morgan fingerprint density at radius 2 is 1.83 bits per heavy atom. The van der Waals surface area contributed by atoms with E-state index in [2.05, 4.69) is 32.6 Å². The third-order valence-corrected chi connectivity index (χ3v) is 2.75. The summed E-state index contributed by atoms with van der Waals surface area (Å²) < 4.78 is 0. The van der Waals surface area contributed by atoms with E-state index in [0.29, 0.717) is 17.4 Å². The second-order valence-electron chi connectivity index (χ2n) is 5.17. The van der Waals surface area contributed by atoms with Crippen LogP contribution in [0.25, 0.3) is 0 Å². The Bertz CT molecular complexity index is 144. The maximum atomic E-state index is 5.80. The Balaban J connectivity index is 2.19. The van der Waals surface area contributed by atoms with Crippen molar-refractivity contribution in [2.24, 2.45) is 17.1 Å². The molecule has 1 heterocycles. The highest BCUT2D eigenvalue weighted by Gasteiger charge is 2.34. The minimum absolute atomic E-state index is 0.328. The first-order chi connectivity index (χ1) is 5.41. The van der Waals surface area contributed by atoms with E-state index in [-0.39, 0.29) is 0 Å². The third-order valence-electron chi connectivity index (χ3n) is 2.75. The number of nitrogens with zero attached hydrogens (tertiary/aromatic N) is 1. The monoisotopic (exact) mass is 170 g/mol. The van der Waals surface area contributed by atoms with Crippen molar-refractivity contribution in [1.29, 1.82) is 0 Å².